The number of ether oxygens (including phenoxy) is 3. The van der Waals surface area contributed by atoms with Crippen molar-refractivity contribution in [2.45, 2.75) is 32.4 Å². The molecular weight excluding hydrogens is 242 g/mol. The molecule has 4 nitrogen and oxygen atoms in total. The molecule has 0 radical (unpaired) electrons. The summed E-state index contributed by atoms with van der Waals surface area (Å²) in [6, 6.07) is 6.10. The standard InChI is InChI=1S/C15H23NO3/c1-3-18-15-9-12(10-16-2)6-7-14(15)19-13-5-4-8-17-11-13/h6-7,9,13,16H,3-5,8,10-11H2,1-2H3. The van der Waals surface area contributed by atoms with Gasteiger partial charge >= 0.3 is 0 Å². The molecule has 4 heteroatoms. The third-order valence-corrected chi connectivity index (χ3v) is 3.10. The Bertz CT molecular complexity index is 389. The molecule has 0 amide bonds. The zero-order valence-corrected chi connectivity index (χ0v) is 11.8. The maximum atomic E-state index is 6.00. The van der Waals surface area contributed by atoms with Crippen LogP contribution in [-0.4, -0.2) is 33.0 Å². The van der Waals surface area contributed by atoms with Gasteiger partial charge in [-0.15, -0.1) is 0 Å². The second-order valence-electron chi connectivity index (χ2n) is 4.70. The lowest BCUT2D eigenvalue weighted by atomic mass is 10.1. The number of nitrogens with one attached hydrogen (secondary N) is 1. The van der Waals surface area contributed by atoms with Gasteiger partial charge in [0.05, 0.1) is 13.2 Å². The summed E-state index contributed by atoms with van der Waals surface area (Å²) in [5, 5.41) is 3.14. The SMILES string of the molecule is CCOc1cc(CNC)ccc1OC1CCCOC1. The van der Waals surface area contributed by atoms with E-state index in [9.17, 15) is 0 Å². The van der Waals surface area contributed by atoms with Gasteiger partial charge in [0, 0.05) is 13.2 Å². The third kappa shape index (κ3) is 4.11. The van der Waals surface area contributed by atoms with Crippen molar-refractivity contribution in [2.24, 2.45) is 0 Å². The Kier molecular flexibility index (Phi) is 5.48. The Labute approximate surface area is 115 Å². The van der Waals surface area contributed by atoms with Crippen molar-refractivity contribution in [3.63, 3.8) is 0 Å². The highest BCUT2D eigenvalue weighted by molar-refractivity contribution is 5.43. The monoisotopic (exact) mass is 265 g/mol. The molecule has 0 spiro atoms. The van der Waals surface area contributed by atoms with Crippen molar-refractivity contribution >= 4 is 0 Å². The summed E-state index contributed by atoms with van der Waals surface area (Å²) in [7, 11) is 1.93. The summed E-state index contributed by atoms with van der Waals surface area (Å²) >= 11 is 0. The normalized spacial score (nSPS) is 19.2. The molecular formula is C15H23NO3. The number of hydrogen-bond donors (Lipinski definition) is 1. The van der Waals surface area contributed by atoms with Crippen LogP contribution in [0.2, 0.25) is 0 Å². The summed E-state index contributed by atoms with van der Waals surface area (Å²) in [5.74, 6) is 1.64. The molecule has 106 valence electrons. The van der Waals surface area contributed by atoms with Crippen molar-refractivity contribution in [3.8, 4) is 11.5 Å². The number of hydrogen-bond acceptors (Lipinski definition) is 4. The fourth-order valence-electron chi connectivity index (χ4n) is 2.22. The molecule has 1 saturated heterocycles. The van der Waals surface area contributed by atoms with E-state index in [4.69, 9.17) is 14.2 Å². The first-order valence-corrected chi connectivity index (χ1v) is 6.98. The average molecular weight is 265 g/mol. The van der Waals surface area contributed by atoms with E-state index in [1.54, 1.807) is 0 Å². The Morgan fingerprint density at radius 3 is 2.95 bits per heavy atom. The molecule has 1 atom stereocenters. The first-order valence-electron chi connectivity index (χ1n) is 6.98. The van der Waals surface area contributed by atoms with Gasteiger partial charge in [0.25, 0.3) is 0 Å². The summed E-state index contributed by atoms with van der Waals surface area (Å²) in [6.07, 6.45) is 2.25. The zero-order chi connectivity index (χ0) is 13.5. The molecule has 1 unspecified atom stereocenters. The summed E-state index contributed by atoms with van der Waals surface area (Å²) in [5.41, 5.74) is 1.19. The lowest BCUT2D eigenvalue weighted by molar-refractivity contribution is 0.00624. The fourth-order valence-corrected chi connectivity index (χ4v) is 2.22. The van der Waals surface area contributed by atoms with Crippen molar-refractivity contribution in [2.75, 3.05) is 26.9 Å². The Balaban J connectivity index is 2.08. The lowest BCUT2D eigenvalue weighted by Crippen LogP contribution is -2.28. The molecule has 1 fully saturated rings. The summed E-state index contributed by atoms with van der Waals surface area (Å²) in [6.45, 7) is 4.97. The maximum Gasteiger partial charge on any atom is 0.161 e. The molecule has 1 aromatic rings. The van der Waals surface area contributed by atoms with Gasteiger partial charge in [0.15, 0.2) is 11.5 Å². The van der Waals surface area contributed by atoms with Gasteiger partial charge in [-0.05, 0) is 44.5 Å². The molecule has 1 aromatic carbocycles. The number of benzene rings is 1. The van der Waals surface area contributed by atoms with Crippen LogP contribution in [0.25, 0.3) is 0 Å². The largest absolute Gasteiger partial charge is 0.490 e. The van der Waals surface area contributed by atoms with E-state index in [0.29, 0.717) is 13.2 Å². The van der Waals surface area contributed by atoms with Gasteiger partial charge < -0.3 is 19.5 Å². The zero-order valence-electron chi connectivity index (χ0n) is 11.8. The summed E-state index contributed by atoms with van der Waals surface area (Å²) in [4.78, 5) is 0. The fraction of sp³-hybridized carbons (Fsp3) is 0.600. The second kappa shape index (κ2) is 7.36. The molecule has 1 N–H and O–H groups in total. The summed E-state index contributed by atoms with van der Waals surface area (Å²) < 4.78 is 17.1. The van der Waals surface area contributed by atoms with Crippen molar-refractivity contribution in [1.29, 1.82) is 0 Å². The molecule has 0 bridgehead atoms. The third-order valence-electron chi connectivity index (χ3n) is 3.10. The maximum absolute atomic E-state index is 6.00. The van der Waals surface area contributed by atoms with E-state index >= 15 is 0 Å². The topological polar surface area (TPSA) is 39.7 Å². The highest BCUT2D eigenvalue weighted by Crippen LogP contribution is 2.30. The Morgan fingerprint density at radius 1 is 1.37 bits per heavy atom. The quantitative estimate of drug-likeness (QED) is 0.857. The van der Waals surface area contributed by atoms with E-state index in [1.165, 1.54) is 5.56 Å². The highest BCUT2D eigenvalue weighted by Gasteiger charge is 2.17. The predicted octanol–water partition coefficient (Wildman–Crippen LogP) is 2.36. The van der Waals surface area contributed by atoms with Crippen LogP contribution in [0.15, 0.2) is 18.2 Å². The van der Waals surface area contributed by atoms with Crippen LogP contribution in [0.4, 0.5) is 0 Å². The van der Waals surface area contributed by atoms with Crippen LogP contribution in [0.5, 0.6) is 11.5 Å². The van der Waals surface area contributed by atoms with E-state index in [-0.39, 0.29) is 6.10 Å². The molecule has 1 aliphatic heterocycles. The molecule has 19 heavy (non-hydrogen) atoms. The van der Waals surface area contributed by atoms with Crippen LogP contribution in [0, 0.1) is 0 Å². The van der Waals surface area contributed by atoms with Gasteiger partial charge in [-0.2, -0.15) is 0 Å². The van der Waals surface area contributed by atoms with E-state index in [1.807, 2.05) is 26.1 Å². The van der Waals surface area contributed by atoms with Crippen LogP contribution < -0.4 is 14.8 Å². The van der Waals surface area contributed by atoms with E-state index in [0.717, 1.165) is 37.5 Å². The molecule has 0 aliphatic carbocycles. The lowest BCUT2D eigenvalue weighted by Gasteiger charge is -2.24. The van der Waals surface area contributed by atoms with E-state index < -0.39 is 0 Å². The van der Waals surface area contributed by atoms with Crippen molar-refractivity contribution < 1.29 is 14.2 Å². The first-order chi connectivity index (χ1) is 9.33. The minimum Gasteiger partial charge on any atom is -0.490 e. The van der Waals surface area contributed by atoms with Gasteiger partial charge in [-0.1, -0.05) is 6.07 Å². The van der Waals surface area contributed by atoms with Crippen LogP contribution >= 0.6 is 0 Å². The van der Waals surface area contributed by atoms with Gasteiger partial charge in [-0.25, -0.2) is 0 Å². The van der Waals surface area contributed by atoms with Crippen LogP contribution in [0.1, 0.15) is 25.3 Å². The smallest absolute Gasteiger partial charge is 0.161 e. The second-order valence-corrected chi connectivity index (χ2v) is 4.70. The van der Waals surface area contributed by atoms with Gasteiger partial charge in [0.1, 0.15) is 6.10 Å². The van der Waals surface area contributed by atoms with Crippen LogP contribution in [0.3, 0.4) is 0 Å². The van der Waals surface area contributed by atoms with E-state index in [2.05, 4.69) is 11.4 Å². The van der Waals surface area contributed by atoms with Gasteiger partial charge in [-0.3, -0.25) is 0 Å². The van der Waals surface area contributed by atoms with Gasteiger partial charge in [0.2, 0.25) is 0 Å². The predicted molar refractivity (Wildman–Crippen MR) is 74.8 cm³/mol. The minimum absolute atomic E-state index is 0.142. The molecule has 1 aliphatic rings. The molecule has 1 heterocycles. The Hall–Kier alpha value is -1.26. The molecule has 0 saturated carbocycles. The number of rotatable bonds is 6. The minimum atomic E-state index is 0.142. The van der Waals surface area contributed by atoms with Crippen molar-refractivity contribution in [3.05, 3.63) is 23.8 Å². The highest BCUT2D eigenvalue weighted by atomic mass is 16.6. The molecule has 0 aromatic heterocycles. The molecule has 2 rings (SSSR count). The van der Waals surface area contributed by atoms with Crippen molar-refractivity contribution in [1.82, 2.24) is 5.32 Å². The average Bonchev–Trinajstić information content (AvgIpc) is 2.43. The first kappa shape index (κ1) is 14.2. The van der Waals surface area contributed by atoms with Crippen LogP contribution in [-0.2, 0) is 11.3 Å². The Morgan fingerprint density at radius 2 is 2.26 bits per heavy atom.